The first-order valence-corrected chi connectivity index (χ1v) is 7.13. The van der Waals surface area contributed by atoms with Crippen LogP contribution < -0.4 is 10.6 Å². The van der Waals surface area contributed by atoms with Crippen molar-refractivity contribution in [2.75, 3.05) is 23.7 Å². The topological polar surface area (TPSA) is 29.3 Å². The lowest BCUT2D eigenvalue weighted by molar-refractivity contribution is 0.238. The average Bonchev–Trinajstić information content (AvgIpc) is 2.31. The Kier molecular flexibility index (Phi) is 3.67. The summed E-state index contributed by atoms with van der Waals surface area (Å²) in [4.78, 5) is 2.42. The molecule has 2 nitrogen and oxygen atoms in total. The van der Waals surface area contributed by atoms with Crippen molar-refractivity contribution in [2.24, 2.45) is 5.41 Å². The molecule has 1 aliphatic heterocycles. The molecule has 3 heteroatoms. The van der Waals surface area contributed by atoms with Gasteiger partial charge in [0.15, 0.2) is 0 Å². The second-order valence-electron chi connectivity index (χ2n) is 5.35. The molecule has 1 aromatic carbocycles. The Morgan fingerprint density at radius 1 is 1.35 bits per heavy atom. The molecular weight excluding hydrogens is 276 g/mol. The number of nitrogens with two attached hydrogens (primary N) is 1. The molecule has 1 fully saturated rings. The molecule has 0 amide bonds. The van der Waals surface area contributed by atoms with Crippen LogP contribution in [-0.2, 0) is 0 Å². The first-order valence-electron chi connectivity index (χ1n) is 6.34. The largest absolute Gasteiger partial charge is 0.397 e. The first-order chi connectivity index (χ1) is 8.04. The molecule has 17 heavy (non-hydrogen) atoms. The van der Waals surface area contributed by atoms with Crippen LogP contribution in [0.3, 0.4) is 0 Å². The van der Waals surface area contributed by atoms with E-state index in [1.165, 1.54) is 24.9 Å². The van der Waals surface area contributed by atoms with E-state index in [1.807, 2.05) is 6.07 Å². The maximum atomic E-state index is 6.08. The Morgan fingerprint density at radius 3 is 2.53 bits per heavy atom. The van der Waals surface area contributed by atoms with Gasteiger partial charge in [0, 0.05) is 17.6 Å². The maximum absolute atomic E-state index is 6.08. The van der Waals surface area contributed by atoms with Gasteiger partial charge in [-0.25, -0.2) is 0 Å². The van der Waals surface area contributed by atoms with Crippen molar-refractivity contribution in [2.45, 2.75) is 33.1 Å². The highest BCUT2D eigenvalue weighted by Gasteiger charge is 2.28. The molecule has 0 aromatic heterocycles. The van der Waals surface area contributed by atoms with Crippen LogP contribution in [0.1, 0.15) is 33.1 Å². The van der Waals surface area contributed by atoms with E-state index in [0.29, 0.717) is 5.41 Å². The van der Waals surface area contributed by atoms with Gasteiger partial charge in [0.2, 0.25) is 0 Å². The van der Waals surface area contributed by atoms with Gasteiger partial charge in [-0.1, -0.05) is 36.2 Å². The zero-order valence-electron chi connectivity index (χ0n) is 10.7. The highest BCUT2D eigenvalue weighted by Crippen LogP contribution is 2.37. The number of anilines is 2. The molecular formula is C14H21BrN2. The predicted molar refractivity (Wildman–Crippen MR) is 78.4 cm³/mol. The second kappa shape index (κ2) is 4.89. The molecule has 1 aromatic rings. The van der Waals surface area contributed by atoms with Crippen LogP contribution in [0.5, 0.6) is 0 Å². The summed E-state index contributed by atoms with van der Waals surface area (Å²) >= 11 is 3.45. The third-order valence-corrected chi connectivity index (χ3v) is 4.65. The Balaban J connectivity index is 2.10. The van der Waals surface area contributed by atoms with Gasteiger partial charge in [-0.3, -0.25) is 0 Å². The van der Waals surface area contributed by atoms with Crippen LogP contribution in [0, 0.1) is 5.41 Å². The molecule has 2 rings (SSSR count). The SMILES string of the molecule is CCC1(C)CCN(c2ccc(Br)cc2N)CC1. The molecule has 0 spiro atoms. The Hall–Kier alpha value is -0.700. The zero-order valence-corrected chi connectivity index (χ0v) is 12.3. The van der Waals surface area contributed by atoms with Crippen LogP contribution in [-0.4, -0.2) is 13.1 Å². The van der Waals surface area contributed by atoms with Gasteiger partial charge < -0.3 is 10.6 Å². The van der Waals surface area contributed by atoms with E-state index < -0.39 is 0 Å². The summed E-state index contributed by atoms with van der Waals surface area (Å²) in [6, 6.07) is 6.18. The van der Waals surface area contributed by atoms with Gasteiger partial charge in [-0.15, -0.1) is 0 Å². The van der Waals surface area contributed by atoms with Gasteiger partial charge in [-0.2, -0.15) is 0 Å². The van der Waals surface area contributed by atoms with E-state index in [-0.39, 0.29) is 0 Å². The van der Waals surface area contributed by atoms with E-state index in [1.54, 1.807) is 0 Å². The molecule has 0 unspecified atom stereocenters. The standard InChI is InChI=1S/C14H21BrN2/c1-3-14(2)6-8-17(9-7-14)13-5-4-11(15)10-12(13)16/h4-5,10H,3,6-9,16H2,1-2H3. The number of nitrogens with zero attached hydrogens (tertiary/aromatic N) is 1. The number of nitrogen functional groups attached to an aromatic ring is 1. The minimum absolute atomic E-state index is 0.528. The van der Waals surface area contributed by atoms with Crippen molar-refractivity contribution in [3.8, 4) is 0 Å². The lowest BCUT2D eigenvalue weighted by Gasteiger charge is -2.40. The maximum Gasteiger partial charge on any atom is 0.0600 e. The van der Waals surface area contributed by atoms with Crippen molar-refractivity contribution < 1.29 is 0 Å². The minimum Gasteiger partial charge on any atom is -0.397 e. The normalized spacial score (nSPS) is 19.4. The molecule has 94 valence electrons. The van der Waals surface area contributed by atoms with Gasteiger partial charge >= 0.3 is 0 Å². The smallest absolute Gasteiger partial charge is 0.0600 e. The van der Waals surface area contributed by atoms with Crippen molar-refractivity contribution in [1.29, 1.82) is 0 Å². The van der Waals surface area contributed by atoms with Gasteiger partial charge in [0.25, 0.3) is 0 Å². The number of halogens is 1. The van der Waals surface area contributed by atoms with E-state index in [0.717, 1.165) is 23.2 Å². The number of hydrogen-bond donors (Lipinski definition) is 1. The number of benzene rings is 1. The van der Waals surface area contributed by atoms with Gasteiger partial charge in [-0.05, 0) is 36.5 Å². The monoisotopic (exact) mass is 296 g/mol. The summed E-state index contributed by atoms with van der Waals surface area (Å²) in [5.41, 5.74) is 8.67. The summed E-state index contributed by atoms with van der Waals surface area (Å²) in [5.74, 6) is 0. The zero-order chi connectivity index (χ0) is 12.5. The summed E-state index contributed by atoms with van der Waals surface area (Å²) in [5, 5.41) is 0. The van der Waals surface area contributed by atoms with Gasteiger partial charge in [0.1, 0.15) is 0 Å². The quantitative estimate of drug-likeness (QED) is 0.834. The summed E-state index contributed by atoms with van der Waals surface area (Å²) < 4.78 is 1.05. The molecule has 1 heterocycles. The van der Waals surface area contributed by atoms with E-state index in [4.69, 9.17) is 5.73 Å². The summed E-state index contributed by atoms with van der Waals surface area (Å²) in [7, 11) is 0. The molecule has 1 aliphatic rings. The van der Waals surface area contributed by atoms with E-state index in [2.05, 4.69) is 46.8 Å². The molecule has 0 saturated carbocycles. The minimum atomic E-state index is 0.528. The second-order valence-corrected chi connectivity index (χ2v) is 6.27. The molecule has 0 bridgehead atoms. The fourth-order valence-electron chi connectivity index (χ4n) is 2.45. The highest BCUT2D eigenvalue weighted by atomic mass is 79.9. The Morgan fingerprint density at radius 2 is 2.00 bits per heavy atom. The fourth-order valence-corrected chi connectivity index (χ4v) is 2.83. The van der Waals surface area contributed by atoms with Crippen molar-refractivity contribution >= 4 is 27.3 Å². The van der Waals surface area contributed by atoms with E-state index in [9.17, 15) is 0 Å². The van der Waals surface area contributed by atoms with E-state index >= 15 is 0 Å². The van der Waals surface area contributed by atoms with Crippen LogP contribution >= 0.6 is 15.9 Å². The number of rotatable bonds is 2. The molecule has 2 N–H and O–H groups in total. The summed E-state index contributed by atoms with van der Waals surface area (Å²) in [6.45, 7) is 6.94. The lowest BCUT2D eigenvalue weighted by atomic mass is 9.78. The Bertz CT molecular complexity index is 395. The third-order valence-electron chi connectivity index (χ3n) is 4.15. The lowest BCUT2D eigenvalue weighted by Crippen LogP contribution is -2.38. The highest BCUT2D eigenvalue weighted by molar-refractivity contribution is 9.10. The van der Waals surface area contributed by atoms with Crippen LogP contribution in [0.4, 0.5) is 11.4 Å². The number of hydrogen-bond acceptors (Lipinski definition) is 2. The first kappa shape index (κ1) is 12.7. The fraction of sp³-hybridized carbons (Fsp3) is 0.571. The molecule has 1 saturated heterocycles. The average molecular weight is 297 g/mol. The Labute approximate surface area is 112 Å². The van der Waals surface area contributed by atoms with Crippen molar-refractivity contribution in [1.82, 2.24) is 0 Å². The van der Waals surface area contributed by atoms with Crippen molar-refractivity contribution in [3.05, 3.63) is 22.7 Å². The number of piperidine rings is 1. The van der Waals surface area contributed by atoms with Crippen molar-refractivity contribution in [3.63, 3.8) is 0 Å². The molecule has 0 radical (unpaired) electrons. The predicted octanol–water partition coefficient (Wildman–Crippen LogP) is 4.05. The molecule has 0 aliphatic carbocycles. The van der Waals surface area contributed by atoms with Crippen LogP contribution in [0.2, 0.25) is 0 Å². The molecule has 0 atom stereocenters. The van der Waals surface area contributed by atoms with Gasteiger partial charge in [0.05, 0.1) is 11.4 Å². The van der Waals surface area contributed by atoms with Crippen LogP contribution in [0.15, 0.2) is 22.7 Å². The third kappa shape index (κ3) is 2.76. The summed E-state index contributed by atoms with van der Waals surface area (Å²) in [6.07, 6.45) is 3.80. The van der Waals surface area contributed by atoms with Crippen LogP contribution in [0.25, 0.3) is 0 Å².